The zero-order valence-corrected chi connectivity index (χ0v) is 13.5. The predicted molar refractivity (Wildman–Crippen MR) is 91.6 cm³/mol. The van der Waals surface area contributed by atoms with Crippen molar-refractivity contribution in [3.8, 4) is 0 Å². The molecule has 0 aliphatic carbocycles. The van der Waals surface area contributed by atoms with E-state index in [1.165, 1.54) is 11.1 Å². The van der Waals surface area contributed by atoms with Crippen LogP contribution in [0.2, 0.25) is 0 Å². The molecule has 1 unspecified atom stereocenters. The highest BCUT2D eigenvalue weighted by Gasteiger charge is 2.15. The van der Waals surface area contributed by atoms with Gasteiger partial charge in [0.05, 0.1) is 12.7 Å². The Morgan fingerprint density at radius 3 is 2.61 bits per heavy atom. The quantitative estimate of drug-likeness (QED) is 0.922. The Hall–Kier alpha value is -1.97. The third-order valence-corrected chi connectivity index (χ3v) is 4.16. The molecule has 120 valence electrons. The number of benzene rings is 2. The van der Waals surface area contributed by atoms with Gasteiger partial charge >= 0.3 is 0 Å². The van der Waals surface area contributed by atoms with Crippen molar-refractivity contribution in [2.45, 2.75) is 25.9 Å². The molecule has 0 bridgehead atoms. The van der Waals surface area contributed by atoms with Crippen LogP contribution in [0.3, 0.4) is 0 Å². The molecule has 1 saturated heterocycles. The van der Waals surface area contributed by atoms with Gasteiger partial charge in [-0.3, -0.25) is 4.79 Å². The standard InChI is InChI=1S/C20H23NO2/c1-15-3-2-4-17(11-15)13-19(22)12-16-5-7-18(8-6-16)20-14-21-9-10-23-20/h2-8,11,20-21H,9-10,12-14H2,1H3. The van der Waals surface area contributed by atoms with Gasteiger partial charge in [0, 0.05) is 25.9 Å². The lowest BCUT2D eigenvalue weighted by molar-refractivity contribution is -0.117. The highest BCUT2D eigenvalue weighted by atomic mass is 16.5. The Kier molecular flexibility index (Phi) is 5.21. The first-order valence-corrected chi connectivity index (χ1v) is 8.19. The summed E-state index contributed by atoms with van der Waals surface area (Å²) >= 11 is 0. The molecule has 3 rings (SSSR count). The maximum absolute atomic E-state index is 12.2. The molecule has 0 aromatic heterocycles. The minimum atomic E-state index is 0.126. The molecule has 1 aliphatic rings. The minimum Gasteiger partial charge on any atom is -0.371 e. The van der Waals surface area contributed by atoms with Gasteiger partial charge in [0.1, 0.15) is 5.78 Å². The van der Waals surface area contributed by atoms with E-state index in [0.717, 1.165) is 30.8 Å². The second-order valence-corrected chi connectivity index (χ2v) is 6.19. The largest absolute Gasteiger partial charge is 0.371 e. The number of hydrogen-bond donors (Lipinski definition) is 1. The summed E-state index contributed by atoms with van der Waals surface area (Å²) in [6.07, 6.45) is 1.11. The maximum Gasteiger partial charge on any atom is 0.141 e. The van der Waals surface area contributed by atoms with Gasteiger partial charge in [-0.2, -0.15) is 0 Å². The average molecular weight is 309 g/mol. The molecule has 1 fully saturated rings. The summed E-state index contributed by atoms with van der Waals surface area (Å²) in [5.74, 6) is 0.249. The number of morpholine rings is 1. The van der Waals surface area contributed by atoms with Gasteiger partial charge in [0.15, 0.2) is 0 Å². The van der Waals surface area contributed by atoms with Crippen molar-refractivity contribution in [1.29, 1.82) is 0 Å². The molecule has 1 N–H and O–H groups in total. The van der Waals surface area contributed by atoms with Crippen LogP contribution in [0, 0.1) is 6.92 Å². The normalized spacial score (nSPS) is 17.9. The van der Waals surface area contributed by atoms with Crippen molar-refractivity contribution >= 4 is 5.78 Å². The molecule has 1 aliphatic heterocycles. The molecule has 0 saturated carbocycles. The molecule has 23 heavy (non-hydrogen) atoms. The first-order valence-electron chi connectivity index (χ1n) is 8.19. The third kappa shape index (κ3) is 4.50. The number of Topliss-reactive ketones (excluding diaryl/α,β-unsaturated/α-hetero) is 1. The molecular formula is C20H23NO2. The van der Waals surface area contributed by atoms with Gasteiger partial charge in [0.25, 0.3) is 0 Å². The Morgan fingerprint density at radius 2 is 1.91 bits per heavy atom. The Bertz CT molecular complexity index is 658. The second-order valence-electron chi connectivity index (χ2n) is 6.19. The zero-order valence-electron chi connectivity index (χ0n) is 13.5. The van der Waals surface area contributed by atoms with E-state index in [0.29, 0.717) is 12.8 Å². The van der Waals surface area contributed by atoms with Crippen LogP contribution in [0.1, 0.15) is 28.4 Å². The van der Waals surface area contributed by atoms with E-state index in [4.69, 9.17) is 4.74 Å². The predicted octanol–water partition coefficient (Wildman–Crippen LogP) is 3.01. The van der Waals surface area contributed by atoms with Crippen LogP contribution in [0.5, 0.6) is 0 Å². The molecule has 0 radical (unpaired) electrons. The lowest BCUT2D eigenvalue weighted by Gasteiger charge is -2.24. The maximum atomic E-state index is 12.2. The molecule has 0 amide bonds. The lowest BCUT2D eigenvalue weighted by atomic mass is 9.99. The van der Waals surface area contributed by atoms with E-state index >= 15 is 0 Å². The van der Waals surface area contributed by atoms with Crippen molar-refractivity contribution in [3.05, 3.63) is 70.8 Å². The van der Waals surface area contributed by atoms with Crippen molar-refractivity contribution in [3.63, 3.8) is 0 Å². The number of aryl methyl sites for hydroxylation is 1. The number of nitrogens with one attached hydrogen (secondary N) is 1. The van der Waals surface area contributed by atoms with Crippen molar-refractivity contribution in [2.24, 2.45) is 0 Å². The Morgan fingerprint density at radius 1 is 1.13 bits per heavy atom. The van der Waals surface area contributed by atoms with Crippen LogP contribution in [-0.4, -0.2) is 25.5 Å². The van der Waals surface area contributed by atoms with Crippen molar-refractivity contribution < 1.29 is 9.53 Å². The van der Waals surface area contributed by atoms with Crippen LogP contribution in [0.4, 0.5) is 0 Å². The highest BCUT2D eigenvalue weighted by Crippen LogP contribution is 2.19. The molecule has 3 nitrogen and oxygen atoms in total. The van der Waals surface area contributed by atoms with Gasteiger partial charge in [-0.15, -0.1) is 0 Å². The van der Waals surface area contributed by atoms with Gasteiger partial charge < -0.3 is 10.1 Å². The summed E-state index contributed by atoms with van der Waals surface area (Å²) in [5.41, 5.74) is 4.52. The van der Waals surface area contributed by atoms with Crippen LogP contribution in [-0.2, 0) is 22.4 Å². The molecule has 0 spiro atoms. The van der Waals surface area contributed by atoms with Gasteiger partial charge in [-0.1, -0.05) is 54.1 Å². The molecular weight excluding hydrogens is 286 g/mol. The Balaban J connectivity index is 1.58. The Labute approximate surface area is 137 Å². The number of ketones is 1. The molecule has 2 aromatic carbocycles. The van der Waals surface area contributed by atoms with Crippen molar-refractivity contribution in [1.82, 2.24) is 5.32 Å². The lowest BCUT2D eigenvalue weighted by Crippen LogP contribution is -2.33. The summed E-state index contributed by atoms with van der Waals surface area (Å²) in [6.45, 7) is 4.57. The van der Waals surface area contributed by atoms with E-state index in [9.17, 15) is 4.79 Å². The summed E-state index contributed by atoms with van der Waals surface area (Å²) < 4.78 is 5.75. The molecule has 2 aromatic rings. The first kappa shape index (κ1) is 15.9. The van der Waals surface area contributed by atoms with E-state index in [2.05, 4.69) is 36.5 Å². The second kappa shape index (κ2) is 7.53. The monoisotopic (exact) mass is 309 g/mol. The number of carbonyl (C=O) groups is 1. The summed E-state index contributed by atoms with van der Waals surface area (Å²) in [7, 11) is 0. The molecule has 1 atom stereocenters. The van der Waals surface area contributed by atoms with Crippen LogP contribution in [0.15, 0.2) is 48.5 Å². The minimum absolute atomic E-state index is 0.126. The van der Waals surface area contributed by atoms with Gasteiger partial charge in [-0.05, 0) is 23.6 Å². The average Bonchev–Trinajstić information content (AvgIpc) is 2.56. The van der Waals surface area contributed by atoms with E-state index in [-0.39, 0.29) is 11.9 Å². The van der Waals surface area contributed by atoms with Gasteiger partial charge in [-0.25, -0.2) is 0 Å². The van der Waals surface area contributed by atoms with Crippen LogP contribution < -0.4 is 5.32 Å². The summed E-state index contributed by atoms with van der Waals surface area (Å²) in [6, 6.07) is 16.4. The van der Waals surface area contributed by atoms with Crippen LogP contribution in [0.25, 0.3) is 0 Å². The van der Waals surface area contributed by atoms with Gasteiger partial charge in [0.2, 0.25) is 0 Å². The van der Waals surface area contributed by atoms with E-state index in [1.54, 1.807) is 0 Å². The third-order valence-electron chi connectivity index (χ3n) is 4.16. The topological polar surface area (TPSA) is 38.3 Å². The fraction of sp³-hybridized carbons (Fsp3) is 0.350. The van der Waals surface area contributed by atoms with Crippen LogP contribution >= 0.6 is 0 Å². The van der Waals surface area contributed by atoms with E-state index in [1.807, 2.05) is 24.3 Å². The SMILES string of the molecule is Cc1cccc(CC(=O)Cc2ccc(C3CNCCO3)cc2)c1. The number of ether oxygens (including phenoxy) is 1. The fourth-order valence-corrected chi connectivity index (χ4v) is 2.97. The molecule has 1 heterocycles. The van der Waals surface area contributed by atoms with Crippen molar-refractivity contribution in [2.75, 3.05) is 19.7 Å². The summed E-state index contributed by atoms with van der Waals surface area (Å²) in [5, 5.41) is 3.33. The number of rotatable bonds is 5. The van der Waals surface area contributed by atoms with E-state index < -0.39 is 0 Å². The zero-order chi connectivity index (χ0) is 16.1. The number of carbonyl (C=O) groups excluding carboxylic acids is 1. The number of hydrogen-bond acceptors (Lipinski definition) is 3. The fourth-order valence-electron chi connectivity index (χ4n) is 2.97. The highest BCUT2D eigenvalue weighted by molar-refractivity contribution is 5.83. The summed E-state index contributed by atoms with van der Waals surface area (Å²) in [4.78, 5) is 12.2. The molecule has 3 heteroatoms. The first-order chi connectivity index (χ1) is 11.2. The smallest absolute Gasteiger partial charge is 0.141 e.